The van der Waals surface area contributed by atoms with Crippen molar-refractivity contribution in [1.82, 2.24) is 5.32 Å². The molecule has 1 unspecified atom stereocenters. The Morgan fingerprint density at radius 3 is 2.60 bits per heavy atom. The number of likely N-dealkylation sites (N-methyl/N-ethyl adjacent to an activating group) is 1. The summed E-state index contributed by atoms with van der Waals surface area (Å²) in [5.74, 6) is 0.666. The zero-order valence-electron chi connectivity index (χ0n) is 13.2. The number of nitrogens with zero attached hydrogens (tertiary/aromatic N) is 1. The summed E-state index contributed by atoms with van der Waals surface area (Å²) in [5, 5.41) is 3.51. The molecule has 0 fully saturated rings. The van der Waals surface area contributed by atoms with E-state index in [1.165, 1.54) is 11.3 Å². The summed E-state index contributed by atoms with van der Waals surface area (Å²) >= 11 is 3.57. The van der Waals surface area contributed by atoms with Crippen LogP contribution in [0, 0.1) is 5.92 Å². The van der Waals surface area contributed by atoms with Crippen molar-refractivity contribution in [2.24, 2.45) is 5.92 Å². The highest BCUT2D eigenvalue weighted by molar-refractivity contribution is 9.10. The summed E-state index contributed by atoms with van der Waals surface area (Å²) in [5.41, 5.74) is 2.57. The van der Waals surface area contributed by atoms with E-state index < -0.39 is 0 Å². The lowest BCUT2D eigenvalue weighted by Crippen LogP contribution is -2.33. The Labute approximate surface area is 131 Å². The average molecular weight is 343 g/mol. The second-order valence-electron chi connectivity index (χ2n) is 5.71. The first-order valence-corrected chi connectivity index (χ1v) is 7.96. The maximum atomic E-state index is 5.26. The zero-order valence-corrected chi connectivity index (χ0v) is 14.8. The van der Waals surface area contributed by atoms with Crippen LogP contribution in [0.25, 0.3) is 0 Å². The highest BCUT2D eigenvalue weighted by Crippen LogP contribution is 2.26. The zero-order chi connectivity index (χ0) is 15.1. The molecule has 1 rings (SSSR count). The lowest BCUT2D eigenvalue weighted by Gasteiger charge is -2.29. The van der Waals surface area contributed by atoms with Gasteiger partial charge in [0.2, 0.25) is 0 Å². The molecular formula is C16H27BrN2O. The van der Waals surface area contributed by atoms with E-state index >= 15 is 0 Å². The first-order valence-electron chi connectivity index (χ1n) is 7.16. The Hall–Kier alpha value is -0.580. The minimum Gasteiger partial charge on any atom is -0.383 e. The van der Waals surface area contributed by atoms with Crippen LogP contribution in [-0.2, 0) is 11.3 Å². The quantitative estimate of drug-likeness (QED) is 0.780. The van der Waals surface area contributed by atoms with Crippen LogP contribution in [-0.4, -0.2) is 33.4 Å². The van der Waals surface area contributed by atoms with E-state index in [1.807, 2.05) is 0 Å². The molecule has 4 heteroatoms. The lowest BCUT2D eigenvalue weighted by atomic mass is 10.1. The van der Waals surface area contributed by atoms with E-state index in [0.717, 1.165) is 24.2 Å². The summed E-state index contributed by atoms with van der Waals surface area (Å²) < 4.78 is 6.37. The second kappa shape index (κ2) is 8.65. The van der Waals surface area contributed by atoms with Crippen LogP contribution >= 0.6 is 15.9 Å². The molecule has 0 bridgehead atoms. The molecule has 0 spiro atoms. The number of hydrogen-bond donors (Lipinski definition) is 1. The molecule has 3 nitrogen and oxygen atoms in total. The van der Waals surface area contributed by atoms with Crippen molar-refractivity contribution in [2.75, 3.05) is 32.2 Å². The fourth-order valence-electron chi connectivity index (χ4n) is 2.10. The van der Waals surface area contributed by atoms with Crippen LogP contribution in [0.3, 0.4) is 0 Å². The number of rotatable bonds is 8. The molecule has 114 valence electrons. The van der Waals surface area contributed by atoms with Crippen LogP contribution in [0.4, 0.5) is 5.69 Å². The number of hydrogen-bond acceptors (Lipinski definition) is 3. The van der Waals surface area contributed by atoms with Gasteiger partial charge in [0.25, 0.3) is 0 Å². The number of halogens is 1. The van der Waals surface area contributed by atoms with Gasteiger partial charge in [0.15, 0.2) is 0 Å². The fourth-order valence-corrected chi connectivity index (χ4v) is 2.45. The van der Waals surface area contributed by atoms with E-state index in [2.05, 4.69) is 72.2 Å². The molecule has 0 aliphatic rings. The fraction of sp³-hybridized carbons (Fsp3) is 0.625. The minimum absolute atomic E-state index is 0.346. The van der Waals surface area contributed by atoms with Gasteiger partial charge in [0, 0.05) is 36.9 Å². The highest BCUT2D eigenvalue weighted by Gasteiger charge is 2.14. The average Bonchev–Trinajstić information content (AvgIpc) is 2.39. The van der Waals surface area contributed by atoms with Crippen LogP contribution in [0.5, 0.6) is 0 Å². The molecule has 0 heterocycles. The number of ether oxygens (including phenoxy) is 1. The number of anilines is 1. The molecule has 1 aromatic rings. The molecule has 0 saturated carbocycles. The van der Waals surface area contributed by atoms with E-state index in [-0.39, 0.29) is 0 Å². The van der Waals surface area contributed by atoms with Gasteiger partial charge in [-0.3, -0.25) is 0 Å². The minimum atomic E-state index is 0.346. The third-order valence-electron chi connectivity index (χ3n) is 3.36. The molecule has 1 atom stereocenters. The molecule has 0 radical (unpaired) electrons. The molecular weight excluding hydrogens is 316 g/mol. The number of benzene rings is 1. The lowest BCUT2D eigenvalue weighted by molar-refractivity contribution is 0.183. The largest absolute Gasteiger partial charge is 0.383 e. The summed E-state index contributed by atoms with van der Waals surface area (Å²) in [4.78, 5) is 2.28. The van der Waals surface area contributed by atoms with Gasteiger partial charge in [-0.15, -0.1) is 0 Å². The monoisotopic (exact) mass is 342 g/mol. The van der Waals surface area contributed by atoms with E-state index in [0.29, 0.717) is 12.0 Å². The van der Waals surface area contributed by atoms with Crippen LogP contribution in [0.15, 0.2) is 22.7 Å². The molecule has 1 aromatic carbocycles. The Morgan fingerprint density at radius 1 is 1.30 bits per heavy atom. The van der Waals surface area contributed by atoms with Crippen molar-refractivity contribution in [3.8, 4) is 0 Å². The van der Waals surface area contributed by atoms with Crippen molar-refractivity contribution in [3.05, 3.63) is 28.2 Å². The van der Waals surface area contributed by atoms with E-state index in [9.17, 15) is 0 Å². The predicted molar refractivity (Wildman–Crippen MR) is 90.4 cm³/mol. The van der Waals surface area contributed by atoms with Crippen LogP contribution in [0.2, 0.25) is 0 Å². The van der Waals surface area contributed by atoms with Crippen molar-refractivity contribution < 1.29 is 4.74 Å². The Balaban J connectivity index is 2.83. The summed E-state index contributed by atoms with van der Waals surface area (Å²) in [6, 6.07) is 6.81. The topological polar surface area (TPSA) is 24.5 Å². The Bertz CT molecular complexity index is 409. The molecule has 0 aromatic heterocycles. The van der Waals surface area contributed by atoms with Gasteiger partial charge >= 0.3 is 0 Å². The first kappa shape index (κ1) is 17.5. The third kappa shape index (κ3) is 5.43. The van der Waals surface area contributed by atoms with Gasteiger partial charge in [-0.1, -0.05) is 35.8 Å². The summed E-state index contributed by atoms with van der Waals surface area (Å²) in [6.45, 7) is 9.28. The van der Waals surface area contributed by atoms with E-state index in [1.54, 1.807) is 7.11 Å². The van der Waals surface area contributed by atoms with Gasteiger partial charge in [-0.2, -0.15) is 0 Å². The van der Waals surface area contributed by atoms with Gasteiger partial charge in [0.05, 0.1) is 6.61 Å². The molecule has 20 heavy (non-hydrogen) atoms. The van der Waals surface area contributed by atoms with Crippen LogP contribution in [0.1, 0.15) is 26.3 Å². The second-order valence-corrected chi connectivity index (χ2v) is 6.63. The summed E-state index contributed by atoms with van der Waals surface area (Å²) in [6.07, 6.45) is 0. The van der Waals surface area contributed by atoms with Gasteiger partial charge < -0.3 is 15.0 Å². The summed E-state index contributed by atoms with van der Waals surface area (Å²) in [7, 11) is 3.87. The maximum absolute atomic E-state index is 5.26. The molecule has 0 aliphatic heterocycles. The SMILES string of the molecule is COCC(C)N(C)c1cc(Br)ccc1CNCC(C)C. The van der Waals surface area contributed by atoms with Gasteiger partial charge in [0.1, 0.15) is 0 Å². The van der Waals surface area contributed by atoms with Crippen molar-refractivity contribution in [2.45, 2.75) is 33.4 Å². The normalized spacial score (nSPS) is 12.8. The smallest absolute Gasteiger partial charge is 0.0663 e. The molecule has 1 N–H and O–H groups in total. The molecule has 0 saturated heterocycles. The maximum Gasteiger partial charge on any atom is 0.0663 e. The highest BCUT2D eigenvalue weighted by atomic mass is 79.9. The third-order valence-corrected chi connectivity index (χ3v) is 3.86. The van der Waals surface area contributed by atoms with Gasteiger partial charge in [-0.05, 0) is 37.1 Å². The Morgan fingerprint density at radius 2 is 2.00 bits per heavy atom. The first-order chi connectivity index (χ1) is 9.45. The number of methoxy groups -OCH3 is 1. The molecule has 0 amide bonds. The molecule has 0 aliphatic carbocycles. The number of nitrogens with one attached hydrogen (secondary N) is 1. The Kier molecular flexibility index (Phi) is 7.56. The van der Waals surface area contributed by atoms with Gasteiger partial charge in [-0.25, -0.2) is 0 Å². The van der Waals surface area contributed by atoms with Crippen molar-refractivity contribution in [3.63, 3.8) is 0 Å². The van der Waals surface area contributed by atoms with Crippen molar-refractivity contribution >= 4 is 21.6 Å². The van der Waals surface area contributed by atoms with E-state index in [4.69, 9.17) is 4.74 Å². The standard InChI is InChI=1S/C16H27BrN2O/c1-12(2)9-18-10-14-6-7-15(17)8-16(14)19(4)13(3)11-20-5/h6-8,12-13,18H,9-11H2,1-5H3. The van der Waals surface area contributed by atoms with Crippen LogP contribution < -0.4 is 10.2 Å². The predicted octanol–water partition coefficient (Wildman–Crippen LogP) is 3.67. The van der Waals surface area contributed by atoms with Crippen molar-refractivity contribution in [1.29, 1.82) is 0 Å².